The molecule has 2 aromatic heterocycles. The van der Waals surface area contributed by atoms with Crippen LogP contribution in [-0.2, 0) is 13.0 Å². The van der Waals surface area contributed by atoms with E-state index in [1.807, 2.05) is 46.8 Å². The van der Waals surface area contributed by atoms with Crippen LogP contribution < -0.4 is 0 Å². The van der Waals surface area contributed by atoms with Gasteiger partial charge in [0, 0.05) is 19.5 Å². The molecule has 1 unspecified atom stereocenters. The lowest BCUT2D eigenvalue weighted by Crippen LogP contribution is -2.32. The van der Waals surface area contributed by atoms with E-state index < -0.39 is 0 Å². The van der Waals surface area contributed by atoms with Gasteiger partial charge < -0.3 is 9.47 Å². The normalized spacial score (nSPS) is 19.2. The molecular weight excluding hydrogens is 364 g/mol. The van der Waals surface area contributed by atoms with Crippen molar-refractivity contribution in [2.45, 2.75) is 58.0 Å². The van der Waals surface area contributed by atoms with Gasteiger partial charge in [-0.1, -0.05) is 24.6 Å². The number of hydrogen-bond acceptors (Lipinski definition) is 4. The van der Waals surface area contributed by atoms with Crippen molar-refractivity contribution in [3.63, 3.8) is 0 Å². The second kappa shape index (κ2) is 7.46. The van der Waals surface area contributed by atoms with Crippen LogP contribution in [-0.4, -0.2) is 41.9 Å². The monoisotopic (exact) mass is 390 g/mol. The van der Waals surface area contributed by atoms with Gasteiger partial charge in [0.2, 0.25) is 0 Å². The zero-order valence-corrected chi connectivity index (χ0v) is 16.8. The third-order valence-corrected chi connectivity index (χ3v) is 6.19. The summed E-state index contributed by atoms with van der Waals surface area (Å²) in [4.78, 5) is 15.4. The standard InChI is InChI=1S/C22H26N6O/c1-16-18(15-23-28(16)17-9-4-2-5-10-17)22(29)26-14-8-11-19(26)21-25-24-20-12-6-3-7-13-27(20)21/h2,4-5,9-10,15,19H,3,6-8,11-14H2,1H3. The molecule has 29 heavy (non-hydrogen) atoms. The number of carbonyl (C=O) groups is 1. The van der Waals surface area contributed by atoms with E-state index in [0.29, 0.717) is 5.56 Å². The summed E-state index contributed by atoms with van der Waals surface area (Å²) in [5, 5.41) is 13.5. The van der Waals surface area contributed by atoms with E-state index in [2.05, 4.69) is 19.9 Å². The van der Waals surface area contributed by atoms with Gasteiger partial charge >= 0.3 is 0 Å². The summed E-state index contributed by atoms with van der Waals surface area (Å²) in [5.74, 6) is 2.07. The number of hydrogen-bond donors (Lipinski definition) is 0. The number of amides is 1. The van der Waals surface area contributed by atoms with Crippen LogP contribution in [0, 0.1) is 6.92 Å². The van der Waals surface area contributed by atoms with E-state index in [-0.39, 0.29) is 11.9 Å². The van der Waals surface area contributed by atoms with E-state index in [0.717, 1.165) is 61.8 Å². The third-order valence-electron chi connectivity index (χ3n) is 6.19. The molecular formula is C22H26N6O. The highest BCUT2D eigenvalue weighted by atomic mass is 16.2. The van der Waals surface area contributed by atoms with Gasteiger partial charge in [-0.15, -0.1) is 10.2 Å². The molecule has 0 N–H and O–H groups in total. The first-order chi connectivity index (χ1) is 14.2. The van der Waals surface area contributed by atoms with Crippen LogP contribution in [0.3, 0.4) is 0 Å². The zero-order valence-electron chi connectivity index (χ0n) is 16.8. The third kappa shape index (κ3) is 3.14. The highest BCUT2D eigenvalue weighted by Gasteiger charge is 2.36. The Morgan fingerprint density at radius 3 is 2.76 bits per heavy atom. The Hall–Kier alpha value is -2.96. The van der Waals surface area contributed by atoms with Crippen molar-refractivity contribution in [2.75, 3.05) is 6.54 Å². The summed E-state index contributed by atoms with van der Waals surface area (Å²) in [6.07, 6.45) is 8.17. The van der Waals surface area contributed by atoms with E-state index in [9.17, 15) is 4.79 Å². The smallest absolute Gasteiger partial charge is 0.257 e. The fourth-order valence-electron chi connectivity index (χ4n) is 4.64. The lowest BCUT2D eigenvalue weighted by Gasteiger charge is -2.24. The van der Waals surface area contributed by atoms with E-state index in [4.69, 9.17) is 0 Å². The summed E-state index contributed by atoms with van der Waals surface area (Å²) in [6, 6.07) is 9.93. The number of carbonyl (C=O) groups excluding carboxylic acids is 1. The van der Waals surface area contributed by atoms with E-state index in [1.165, 1.54) is 12.8 Å². The maximum absolute atomic E-state index is 13.5. The van der Waals surface area contributed by atoms with Gasteiger partial charge in [-0.2, -0.15) is 5.10 Å². The number of aryl methyl sites for hydroxylation is 1. The second-order valence-electron chi connectivity index (χ2n) is 7.98. The molecule has 0 aliphatic carbocycles. The molecule has 5 rings (SSSR count). The maximum atomic E-state index is 13.5. The van der Waals surface area contributed by atoms with Gasteiger partial charge in [0.1, 0.15) is 5.82 Å². The highest BCUT2D eigenvalue weighted by molar-refractivity contribution is 5.95. The van der Waals surface area contributed by atoms with Crippen molar-refractivity contribution < 1.29 is 4.79 Å². The Bertz CT molecular complexity index is 1020. The molecule has 1 aromatic carbocycles. The van der Waals surface area contributed by atoms with Crippen LogP contribution in [0.5, 0.6) is 0 Å². The Labute approximate surface area is 170 Å². The molecule has 4 heterocycles. The van der Waals surface area contributed by atoms with Crippen LogP contribution in [0.2, 0.25) is 0 Å². The quantitative estimate of drug-likeness (QED) is 0.687. The average molecular weight is 390 g/mol. The van der Waals surface area contributed by atoms with E-state index >= 15 is 0 Å². The summed E-state index contributed by atoms with van der Waals surface area (Å²) in [5.41, 5.74) is 2.49. The van der Waals surface area contributed by atoms with Crippen LogP contribution in [0.25, 0.3) is 5.69 Å². The Balaban J connectivity index is 1.45. The molecule has 7 heteroatoms. The van der Waals surface area contributed by atoms with E-state index in [1.54, 1.807) is 6.20 Å². The summed E-state index contributed by atoms with van der Waals surface area (Å²) in [7, 11) is 0. The summed E-state index contributed by atoms with van der Waals surface area (Å²) >= 11 is 0. The van der Waals surface area contributed by atoms with Crippen molar-refractivity contribution in [3.8, 4) is 5.69 Å². The molecule has 0 saturated carbocycles. The molecule has 1 saturated heterocycles. The zero-order chi connectivity index (χ0) is 19.8. The minimum absolute atomic E-state index is 0.00123. The molecule has 2 aliphatic rings. The maximum Gasteiger partial charge on any atom is 0.257 e. The molecule has 0 spiro atoms. The number of aromatic nitrogens is 5. The lowest BCUT2D eigenvalue weighted by molar-refractivity contribution is 0.0726. The van der Waals surface area contributed by atoms with Crippen LogP contribution in [0.1, 0.15) is 65.8 Å². The fourth-order valence-corrected chi connectivity index (χ4v) is 4.64. The minimum atomic E-state index is 0.00123. The predicted molar refractivity (Wildman–Crippen MR) is 109 cm³/mol. The molecule has 1 atom stereocenters. The molecule has 1 fully saturated rings. The number of benzene rings is 1. The van der Waals surface area contributed by atoms with Gasteiger partial charge in [-0.25, -0.2) is 4.68 Å². The first-order valence-corrected chi connectivity index (χ1v) is 10.6. The highest BCUT2D eigenvalue weighted by Crippen LogP contribution is 2.34. The van der Waals surface area contributed by atoms with Crippen LogP contribution in [0.4, 0.5) is 0 Å². The van der Waals surface area contributed by atoms with Crippen molar-refractivity contribution in [1.29, 1.82) is 0 Å². The Morgan fingerprint density at radius 2 is 1.90 bits per heavy atom. The number of fused-ring (bicyclic) bond motifs is 1. The van der Waals surface area contributed by atoms with Crippen LogP contribution >= 0.6 is 0 Å². The molecule has 0 radical (unpaired) electrons. The van der Waals surface area contributed by atoms with Crippen molar-refractivity contribution in [2.24, 2.45) is 0 Å². The van der Waals surface area contributed by atoms with Gasteiger partial charge in [-0.3, -0.25) is 4.79 Å². The number of para-hydroxylation sites is 1. The lowest BCUT2D eigenvalue weighted by atomic mass is 10.1. The van der Waals surface area contributed by atoms with Gasteiger partial charge in [-0.05, 0) is 44.7 Å². The second-order valence-corrected chi connectivity index (χ2v) is 7.98. The van der Waals surface area contributed by atoms with Crippen LogP contribution in [0.15, 0.2) is 36.5 Å². The predicted octanol–water partition coefficient (Wildman–Crippen LogP) is 3.48. The number of rotatable bonds is 3. The van der Waals surface area contributed by atoms with Gasteiger partial charge in [0.05, 0.1) is 29.2 Å². The van der Waals surface area contributed by atoms with Crippen molar-refractivity contribution in [3.05, 3.63) is 59.4 Å². The molecule has 3 aromatic rings. The van der Waals surface area contributed by atoms with Crippen molar-refractivity contribution in [1.82, 2.24) is 29.4 Å². The average Bonchev–Trinajstić information content (AvgIpc) is 3.43. The topological polar surface area (TPSA) is 68.8 Å². The molecule has 1 amide bonds. The first-order valence-electron chi connectivity index (χ1n) is 10.6. The SMILES string of the molecule is Cc1c(C(=O)N2CCCC2c2nnc3n2CCCCC3)cnn1-c1ccccc1. The van der Waals surface area contributed by atoms with Gasteiger partial charge in [0.15, 0.2) is 5.82 Å². The molecule has 7 nitrogen and oxygen atoms in total. The van der Waals surface area contributed by atoms with Crippen molar-refractivity contribution >= 4 is 5.91 Å². The summed E-state index contributed by atoms with van der Waals surface area (Å²) in [6.45, 7) is 3.67. The Kier molecular flexibility index (Phi) is 4.66. The number of likely N-dealkylation sites (tertiary alicyclic amines) is 1. The summed E-state index contributed by atoms with van der Waals surface area (Å²) < 4.78 is 4.10. The Morgan fingerprint density at radius 1 is 1.03 bits per heavy atom. The largest absolute Gasteiger partial charge is 0.328 e. The fraction of sp³-hybridized carbons (Fsp3) is 0.455. The first kappa shape index (κ1) is 18.1. The van der Waals surface area contributed by atoms with Gasteiger partial charge in [0.25, 0.3) is 5.91 Å². The molecule has 2 aliphatic heterocycles. The minimum Gasteiger partial charge on any atom is -0.328 e. The molecule has 150 valence electrons. The number of nitrogens with zero attached hydrogens (tertiary/aromatic N) is 6. The molecule has 0 bridgehead atoms.